The maximum atomic E-state index is 11.5. The maximum absolute atomic E-state index is 11.5. The Morgan fingerprint density at radius 1 is 0.962 bits per heavy atom. The number of aliphatic hydroxyl groups excluding tert-OH is 2. The highest BCUT2D eigenvalue weighted by Gasteiger charge is 2.24. The lowest BCUT2D eigenvalue weighted by atomic mass is 9.87. The minimum atomic E-state index is -0.438. The number of aliphatic hydroxyl groups is 2. The number of amides is 1. The van der Waals surface area contributed by atoms with Crippen LogP contribution in [-0.4, -0.2) is 47.2 Å². The number of nitrogens with two attached hydrogens (primary N) is 1. The fraction of sp³-hybridized carbons (Fsp3) is 0.947. The molecule has 0 aromatic heterocycles. The zero-order valence-electron chi connectivity index (χ0n) is 16.6. The molecule has 2 aliphatic rings. The van der Waals surface area contributed by atoms with Gasteiger partial charge in [0.2, 0.25) is 0 Å². The standard InChI is InChI=1S/C12H23NO3.C7H15NO.ClH/c1-12(2,3)16-11(15)13-10-6-4-9(8-14)5-7-10;8-7-3-1-6(5-9)2-4-7;/h9-10,14H,4-8H2,1-3H3,(H,13,15);6-7,9H,1-5,8H2;1H. The lowest BCUT2D eigenvalue weighted by Crippen LogP contribution is -2.41. The summed E-state index contributed by atoms with van der Waals surface area (Å²) in [5, 5.41) is 20.6. The van der Waals surface area contributed by atoms with Gasteiger partial charge in [0.25, 0.3) is 0 Å². The third-order valence-corrected chi connectivity index (χ3v) is 4.98. The van der Waals surface area contributed by atoms with Crippen molar-refractivity contribution in [2.75, 3.05) is 13.2 Å². The Morgan fingerprint density at radius 2 is 1.38 bits per heavy atom. The lowest BCUT2D eigenvalue weighted by molar-refractivity contribution is 0.0482. The molecule has 26 heavy (non-hydrogen) atoms. The smallest absolute Gasteiger partial charge is 0.407 e. The van der Waals surface area contributed by atoms with Crippen LogP contribution in [0.15, 0.2) is 0 Å². The molecule has 2 saturated carbocycles. The number of hydrogen-bond donors (Lipinski definition) is 4. The second-order valence-electron chi connectivity index (χ2n) is 8.51. The van der Waals surface area contributed by atoms with Gasteiger partial charge in [-0.2, -0.15) is 0 Å². The fourth-order valence-electron chi connectivity index (χ4n) is 3.33. The molecule has 0 saturated heterocycles. The van der Waals surface area contributed by atoms with E-state index in [9.17, 15) is 4.79 Å². The Morgan fingerprint density at radius 3 is 1.77 bits per heavy atom. The summed E-state index contributed by atoms with van der Waals surface area (Å²) in [6, 6.07) is 0.616. The SMILES string of the molecule is CC(C)(C)OC(=O)NC1CCC(CO)CC1.Cl.NC1CCC(CO)CC1. The van der Waals surface area contributed by atoms with Crippen LogP contribution in [0.3, 0.4) is 0 Å². The molecule has 0 heterocycles. The van der Waals surface area contributed by atoms with E-state index < -0.39 is 5.60 Å². The average molecular weight is 395 g/mol. The molecule has 0 aliphatic heterocycles. The number of halogens is 1. The van der Waals surface area contributed by atoms with Crippen molar-refractivity contribution >= 4 is 18.5 Å². The van der Waals surface area contributed by atoms with Gasteiger partial charge in [0.05, 0.1) is 0 Å². The molecule has 0 bridgehead atoms. The molecule has 6 nitrogen and oxygen atoms in total. The first kappa shape index (κ1) is 25.4. The third kappa shape index (κ3) is 11.2. The number of ether oxygens (including phenoxy) is 1. The van der Waals surface area contributed by atoms with E-state index in [0.717, 1.165) is 51.4 Å². The van der Waals surface area contributed by atoms with Gasteiger partial charge < -0.3 is 26.0 Å². The molecular formula is C19H39ClN2O4. The van der Waals surface area contributed by atoms with Crippen molar-refractivity contribution in [1.82, 2.24) is 5.32 Å². The first-order valence-electron chi connectivity index (χ1n) is 9.70. The van der Waals surface area contributed by atoms with Crippen LogP contribution in [-0.2, 0) is 4.74 Å². The van der Waals surface area contributed by atoms with Crippen LogP contribution in [0.5, 0.6) is 0 Å². The average Bonchev–Trinajstić information content (AvgIpc) is 2.55. The van der Waals surface area contributed by atoms with Gasteiger partial charge in [-0.1, -0.05) is 0 Å². The zero-order valence-corrected chi connectivity index (χ0v) is 17.4. The van der Waals surface area contributed by atoms with Crippen LogP contribution < -0.4 is 11.1 Å². The fourth-order valence-corrected chi connectivity index (χ4v) is 3.33. The normalized spacial score (nSPS) is 28.8. The number of carbonyl (C=O) groups excluding carboxylic acids is 1. The van der Waals surface area contributed by atoms with E-state index in [1.165, 1.54) is 0 Å². The highest BCUT2D eigenvalue weighted by atomic mass is 35.5. The lowest BCUT2D eigenvalue weighted by Gasteiger charge is -2.29. The van der Waals surface area contributed by atoms with Crippen LogP contribution in [0.4, 0.5) is 4.79 Å². The maximum Gasteiger partial charge on any atom is 0.407 e. The Bertz CT molecular complexity index is 374. The van der Waals surface area contributed by atoms with E-state index in [1.54, 1.807) is 0 Å². The van der Waals surface area contributed by atoms with E-state index in [0.29, 0.717) is 24.5 Å². The van der Waals surface area contributed by atoms with Gasteiger partial charge in [-0.05, 0) is 84.0 Å². The predicted octanol–water partition coefficient (Wildman–Crippen LogP) is 2.98. The van der Waals surface area contributed by atoms with Crippen LogP contribution in [0, 0.1) is 11.8 Å². The number of carbonyl (C=O) groups is 1. The molecule has 0 aromatic rings. The summed E-state index contributed by atoms with van der Waals surface area (Å²) in [5.74, 6) is 0.960. The van der Waals surface area contributed by atoms with Gasteiger partial charge in [0, 0.05) is 25.3 Å². The molecule has 2 aliphatic carbocycles. The van der Waals surface area contributed by atoms with E-state index >= 15 is 0 Å². The Labute approximate surface area is 164 Å². The van der Waals surface area contributed by atoms with Gasteiger partial charge in [-0.3, -0.25) is 0 Å². The monoisotopic (exact) mass is 394 g/mol. The van der Waals surface area contributed by atoms with Crippen molar-refractivity contribution in [3.63, 3.8) is 0 Å². The van der Waals surface area contributed by atoms with E-state index in [4.69, 9.17) is 20.7 Å². The molecule has 0 unspecified atom stereocenters. The summed E-state index contributed by atoms with van der Waals surface area (Å²) in [7, 11) is 0. The van der Waals surface area contributed by atoms with Crippen LogP contribution >= 0.6 is 12.4 Å². The molecular weight excluding hydrogens is 356 g/mol. The largest absolute Gasteiger partial charge is 0.444 e. The number of rotatable bonds is 3. The van der Waals surface area contributed by atoms with E-state index in [1.807, 2.05) is 20.8 Å². The predicted molar refractivity (Wildman–Crippen MR) is 106 cm³/mol. The van der Waals surface area contributed by atoms with E-state index in [2.05, 4.69) is 5.32 Å². The molecule has 2 fully saturated rings. The van der Waals surface area contributed by atoms with Crippen molar-refractivity contribution in [2.24, 2.45) is 17.6 Å². The number of hydrogen-bond acceptors (Lipinski definition) is 5. The van der Waals surface area contributed by atoms with Crippen LogP contribution in [0.1, 0.15) is 72.1 Å². The topological polar surface area (TPSA) is 105 Å². The van der Waals surface area contributed by atoms with Gasteiger partial charge in [-0.25, -0.2) is 4.79 Å². The summed E-state index contributed by atoms with van der Waals surface area (Å²) in [5.41, 5.74) is 5.23. The summed E-state index contributed by atoms with van der Waals surface area (Å²) < 4.78 is 5.19. The molecule has 0 atom stereocenters. The minimum absolute atomic E-state index is 0. The number of nitrogens with one attached hydrogen (secondary N) is 1. The van der Waals surface area contributed by atoms with E-state index in [-0.39, 0.29) is 31.1 Å². The summed E-state index contributed by atoms with van der Waals surface area (Å²) >= 11 is 0. The van der Waals surface area contributed by atoms with Gasteiger partial charge in [0.1, 0.15) is 5.60 Å². The molecule has 0 radical (unpaired) electrons. The van der Waals surface area contributed by atoms with Crippen LogP contribution in [0.2, 0.25) is 0 Å². The quantitative estimate of drug-likeness (QED) is 0.589. The summed E-state index contributed by atoms with van der Waals surface area (Å²) in [4.78, 5) is 11.5. The number of alkyl carbamates (subject to hydrolysis) is 1. The van der Waals surface area contributed by atoms with Crippen LogP contribution in [0.25, 0.3) is 0 Å². The second-order valence-corrected chi connectivity index (χ2v) is 8.51. The molecule has 1 amide bonds. The Hall–Kier alpha value is -0.560. The van der Waals surface area contributed by atoms with Gasteiger partial charge >= 0.3 is 6.09 Å². The van der Waals surface area contributed by atoms with Crippen molar-refractivity contribution in [3.05, 3.63) is 0 Å². The molecule has 0 spiro atoms. The Balaban J connectivity index is 0.000000532. The third-order valence-electron chi connectivity index (χ3n) is 4.98. The summed E-state index contributed by atoms with van der Waals surface area (Å²) in [6.45, 7) is 6.19. The molecule has 156 valence electrons. The molecule has 2 rings (SSSR count). The minimum Gasteiger partial charge on any atom is -0.444 e. The van der Waals surface area contributed by atoms with Crippen molar-refractivity contribution in [2.45, 2.75) is 89.8 Å². The second kappa shape index (κ2) is 12.8. The first-order valence-corrected chi connectivity index (χ1v) is 9.70. The van der Waals surface area contributed by atoms with Crippen molar-refractivity contribution in [3.8, 4) is 0 Å². The van der Waals surface area contributed by atoms with Crippen molar-refractivity contribution in [1.29, 1.82) is 0 Å². The highest BCUT2D eigenvalue weighted by molar-refractivity contribution is 5.85. The van der Waals surface area contributed by atoms with Gasteiger partial charge in [-0.15, -0.1) is 12.4 Å². The summed E-state index contributed by atoms with van der Waals surface area (Å²) in [6.07, 6.45) is 7.95. The molecule has 5 N–H and O–H groups in total. The van der Waals surface area contributed by atoms with Crippen molar-refractivity contribution < 1.29 is 19.7 Å². The Kier molecular flexibility index (Phi) is 12.5. The molecule has 7 heteroatoms. The molecule has 0 aromatic carbocycles. The first-order chi connectivity index (χ1) is 11.7. The highest BCUT2D eigenvalue weighted by Crippen LogP contribution is 2.24. The van der Waals surface area contributed by atoms with Gasteiger partial charge in [0.15, 0.2) is 0 Å². The zero-order chi connectivity index (χ0) is 18.9.